The summed E-state index contributed by atoms with van der Waals surface area (Å²) < 4.78 is 55.6. The standard InChI is InChI=1S/C30H36N3O6PS/c1-20-15-26-28-25(21-5-4-6-24(16-21)41(35,36)23-7-8-23)9-10-27(29(28)32-30(26)31-17-20)38-19-22-18-33(11-13-37-22)12-14-39-40(2,3)34/h4-6,9-10,15-17,22-23H,7-8,11-14,18-19H2,1-3H3,(H,31,32)/t22-/m1/s1. The lowest BCUT2D eigenvalue weighted by atomic mass is 9.99. The second kappa shape index (κ2) is 11.2. The average Bonchev–Trinajstić information content (AvgIpc) is 3.74. The van der Waals surface area contributed by atoms with Crippen molar-refractivity contribution in [3.63, 3.8) is 0 Å². The van der Waals surface area contributed by atoms with Gasteiger partial charge in [-0.05, 0) is 66.8 Å². The molecular formula is C30H36N3O6PS. The van der Waals surface area contributed by atoms with Gasteiger partial charge in [-0.25, -0.2) is 13.4 Å². The SMILES string of the molecule is Cc1cnc2[nH]c3c(OC[C@H]4CN(CCOP(C)(C)=O)CCO4)ccc(-c4cccc(S(=O)(=O)C5CC5)c4)c3c2c1. The number of rotatable bonds is 10. The zero-order valence-corrected chi connectivity index (χ0v) is 25.3. The highest BCUT2D eigenvalue weighted by Gasteiger charge is 2.37. The van der Waals surface area contributed by atoms with Crippen LogP contribution in [-0.2, 0) is 23.7 Å². The number of hydrogen-bond donors (Lipinski definition) is 1. The first kappa shape index (κ1) is 28.4. The minimum Gasteiger partial charge on any atom is -0.489 e. The molecule has 0 radical (unpaired) electrons. The number of hydrogen-bond acceptors (Lipinski definition) is 8. The molecule has 1 saturated carbocycles. The maximum absolute atomic E-state index is 13.0. The van der Waals surface area contributed by atoms with Gasteiger partial charge in [0.25, 0.3) is 0 Å². The zero-order valence-electron chi connectivity index (χ0n) is 23.6. The molecule has 11 heteroatoms. The summed E-state index contributed by atoms with van der Waals surface area (Å²) in [5, 5.41) is 1.64. The third-order valence-corrected chi connectivity index (χ3v) is 10.7. The Morgan fingerprint density at radius 1 is 1.17 bits per heavy atom. The molecule has 218 valence electrons. The van der Waals surface area contributed by atoms with Crippen LogP contribution in [0.5, 0.6) is 5.75 Å². The Morgan fingerprint density at radius 2 is 2.00 bits per heavy atom. The molecule has 1 atom stereocenters. The normalized spacial score (nSPS) is 18.8. The van der Waals surface area contributed by atoms with Gasteiger partial charge in [-0.15, -0.1) is 0 Å². The third-order valence-electron chi connectivity index (χ3n) is 7.60. The summed E-state index contributed by atoms with van der Waals surface area (Å²) in [4.78, 5) is 10.7. The number of benzene rings is 2. The van der Waals surface area contributed by atoms with E-state index in [9.17, 15) is 13.0 Å². The molecule has 2 fully saturated rings. The van der Waals surface area contributed by atoms with E-state index in [0.717, 1.165) is 58.0 Å². The summed E-state index contributed by atoms with van der Waals surface area (Å²) in [5.74, 6) is 0.683. The highest BCUT2D eigenvalue weighted by atomic mass is 32.2. The lowest BCUT2D eigenvalue weighted by Crippen LogP contribution is -2.46. The van der Waals surface area contributed by atoms with Crippen LogP contribution in [0.1, 0.15) is 18.4 Å². The Morgan fingerprint density at radius 3 is 2.78 bits per heavy atom. The van der Waals surface area contributed by atoms with Crippen LogP contribution in [0.15, 0.2) is 53.6 Å². The van der Waals surface area contributed by atoms with E-state index < -0.39 is 17.2 Å². The maximum Gasteiger partial charge on any atom is 0.197 e. The predicted molar refractivity (Wildman–Crippen MR) is 161 cm³/mol. The molecule has 0 unspecified atom stereocenters. The number of pyridine rings is 1. The lowest BCUT2D eigenvalue weighted by Gasteiger charge is -2.32. The zero-order chi connectivity index (χ0) is 28.8. The molecule has 0 bridgehead atoms. The number of morpholine rings is 1. The Hall–Kier alpha value is -2.75. The highest BCUT2D eigenvalue weighted by Crippen LogP contribution is 2.41. The van der Waals surface area contributed by atoms with Gasteiger partial charge in [0.1, 0.15) is 24.1 Å². The van der Waals surface area contributed by atoms with E-state index in [1.807, 2.05) is 37.4 Å². The van der Waals surface area contributed by atoms with E-state index in [0.29, 0.717) is 43.6 Å². The fourth-order valence-electron chi connectivity index (χ4n) is 5.39. The molecule has 1 aliphatic heterocycles. The van der Waals surface area contributed by atoms with Crippen LogP contribution in [0.2, 0.25) is 0 Å². The van der Waals surface area contributed by atoms with Crippen molar-refractivity contribution in [3.8, 4) is 16.9 Å². The molecule has 0 spiro atoms. The van der Waals surface area contributed by atoms with Gasteiger partial charge < -0.3 is 19.0 Å². The second-order valence-electron chi connectivity index (χ2n) is 11.4. The quantitative estimate of drug-likeness (QED) is 0.247. The van der Waals surface area contributed by atoms with Crippen LogP contribution in [0.4, 0.5) is 0 Å². The van der Waals surface area contributed by atoms with Gasteiger partial charge in [0, 0.05) is 49.9 Å². The van der Waals surface area contributed by atoms with Crippen LogP contribution >= 0.6 is 7.37 Å². The van der Waals surface area contributed by atoms with Crippen molar-refractivity contribution in [2.75, 3.05) is 52.8 Å². The number of nitrogens with zero attached hydrogens (tertiary/aromatic N) is 2. The molecule has 1 saturated heterocycles. The minimum absolute atomic E-state index is 0.123. The van der Waals surface area contributed by atoms with Gasteiger partial charge >= 0.3 is 0 Å². The van der Waals surface area contributed by atoms with Gasteiger partial charge in [0.15, 0.2) is 17.2 Å². The molecule has 1 N–H and O–H groups in total. The van der Waals surface area contributed by atoms with Crippen molar-refractivity contribution >= 4 is 39.1 Å². The predicted octanol–water partition coefficient (Wildman–Crippen LogP) is 5.26. The smallest absolute Gasteiger partial charge is 0.197 e. The van der Waals surface area contributed by atoms with Crippen molar-refractivity contribution in [2.45, 2.75) is 36.0 Å². The molecule has 2 aliphatic rings. The summed E-state index contributed by atoms with van der Waals surface area (Å²) in [6, 6.07) is 13.3. The van der Waals surface area contributed by atoms with Crippen molar-refractivity contribution in [3.05, 3.63) is 54.2 Å². The summed E-state index contributed by atoms with van der Waals surface area (Å²) in [6.07, 6.45) is 3.16. The molecule has 41 heavy (non-hydrogen) atoms. The third kappa shape index (κ3) is 6.22. The largest absolute Gasteiger partial charge is 0.489 e. The summed E-state index contributed by atoms with van der Waals surface area (Å²) >= 11 is 0. The van der Waals surface area contributed by atoms with E-state index in [1.54, 1.807) is 25.5 Å². The summed E-state index contributed by atoms with van der Waals surface area (Å²) in [6.45, 7) is 8.81. The van der Waals surface area contributed by atoms with Gasteiger partial charge in [-0.3, -0.25) is 9.46 Å². The number of nitrogens with one attached hydrogen (secondary N) is 1. The van der Waals surface area contributed by atoms with Gasteiger partial charge in [-0.2, -0.15) is 0 Å². The van der Waals surface area contributed by atoms with E-state index in [1.165, 1.54) is 0 Å². The number of sulfone groups is 1. The van der Waals surface area contributed by atoms with Crippen LogP contribution in [0.3, 0.4) is 0 Å². The molecule has 2 aromatic carbocycles. The lowest BCUT2D eigenvalue weighted by molar-refractivity contribution is -0.0498. The molecule has 4 aromatic rings. The van der Waals surface area contributed by atoms with Crippen molar-refractivity contribution < 1.29 is 27.0 Å². The summed E-state index contributed by atoms with van der Waals surface area (Å²) in [7, 11) is -5.82. The fraction of sp³-hybridized carbons (Fsp3) is 0.433. The molecule has 6 rings (SSSR count). The van der Waals surface area contributed by atoms with E-state index in [2.05, 4.69) is 20.9 Å². The van der Waals surface area contributed by atoms with Gasteiger partial charge in [0.2, 0.25) is 0 Å². The van der Waals surface area contributed by atoms with E-state index in [-0.39, 0.29) is 11.4 Å². The molecule has 9 nitrogen and oxygen atoms in total. The molecule has 2 aromatic heterocycles. The molecular weight excluding hydrogens is 561 g/mol. The molecule has 1 aliphatic carbocycles. The highest BCUT2D eigenvalue weighted by molar-refractivity contribution is 7.92. The van der Waals surface area contributed by atoms with Gasteiger partial charge in [0.05, 0.1) is 28.9 Å². The number of ether oxygens (including phenoxy) is 2. The molecule has 3 heterocycles. The Kier molecular flexibility index (Phi) is 7.72. The Labute approximate surface area is 240 Å². The van der Waals surface area contributed by atoms with E-state index in [4.69, 9.17) is 14.0 Å². The van der Waals surface area contributed by atoms with Gasteiger partial charge in [-0.1, -0.05) is 12.1 Å². The number of aromatic nitrogens is 2. The monoisotopic (exact) mass is 597 g/mol. The number of aromatic amines is 1. The van der Waals surface area contributed by atoms with Crippen molar-refractivity contribution in [2.24, 2.45) is 0 Å². The van der Waals surface area contributed by atoms with Crippen LogP contribution in [-0.4, -0.2) is 87.4 Å². The Bertz CT molecular complexity index is 1740. The van der Waals surface area contributed by atoms with Crippen molar-refractivity contribution in [1.29, 1.82) is 0 Å². The summed E-state index contributed by atoms with van der Waals surface area (Å²) in [5.41, 5.74) is 4.34. The number of fused-ring (bicyclic) bond motifs is 3. The second-order valence-corrected chi connectivity index (χ2v) is 16.3. The van der Waals surface area contributed by atoms with E-state index >= 15 is 0 Å². The number of H-pyrrole nitrogens is 1. The van der Waals surface area contributed by atoms with Crippen LogP contribution in [0, 0.1) is 6.92 Å². The maximum atomic E-state index is 13.0. The first-order valence-electron chi connectivity index (χ1n) is 14.0. The topological polar surface area (TPSA) is 111 Å². The average molecular weight is 598 g/mol. The van der Waals surface area contributed by atoms with Crippen molar-refractivity contribution in [1.82, 2.24) is 14.9 Å². The molecule has 0 amide bonds. The Balaban J connectivity index is 1.29. The fourth-order valence-corrected chi connectivity index (χ4v) is 7.62. The van der Waals surface area contributed by atoms with Crippen LogP contribution in [0.25, 0.3) is 33.1 Å². The van der Waals surface area contributed by atoms with Crippen LogP contribution < -0.4 is 4.74 Å². The number of aryl methyl sites for hydroxylation is 1. The minimum atomic E-state index is -3.32. The first-order chi connectivity index (χ1) is 19.6. The first-order valence-corrected chi connectivity index (χ1v) is 18.1.